The summed E-state index contributed by atoms with van der Waals surface area (Å²) in [6, 6.07) is 4.27. The van der Waals surface area contributed by atoms with Gasteiger partial charge >= 0.3 is 5.97 Å². The van der Waals surface area contributed by atoms with E-state index in [-0.39, 0.29) is 0 Å². The summed E-state index contributed by atoms with van der Waals surface area (Å²) in [5, 5.41) is 0. The van der Waals surface area contributed by atoms with Gasteiger partial charge in [0, 0.05) is 23.7 Å². The second kappa shape index (κ2) is 6.05. The van der Waals surface area contributed by atoms with Crippen molar-refractivity contribution >= 4 is 5.97 Å². The summed E-state index contributed by atoms with van der Waals surface area (Å²) >= 11 is 0. The largest absolute Gasteiger partial charge is 0.461 e. The van der Waals surface area contributed by atoms with E-state index in [1.165, 1.54) is 11.1 Å². The first-order chi connectivity index (χ1) is 12.5. The molecule has 0 saturated carbocycles. The second-order valence-corrected chi connectivity index (χ2v) is 6.55. The van der Waals surface area contributed by atoms with Crippen molar-refractivity contribution < 1.29 is 9.53 Å². The lowest BCUT2D eigenvalue weighted by Crippen LogP contribution is -2.10. The van der Waals surface area contributed by atoms with Crippen LogP contribution in [-0.4, -0.2) is 32.1 Å². The molecule has 3 heterocycles. The van der Waals surface area contributed by atoms with Crippen LogP contribution in [0.4, 0.5) is 0 Å². The lowest BCUT2D eigenvalue weighted by molar-refractivity contribution is 0.0519. The van der Waals surface area contributed by atoms with E-state index in [0.717, 1.165) is 34.0 Å². The minimum absolute atomic E-state index is 0.318. The van der Waals surface area contributed by atoms with Crippen LogP contribution in [0.15, 0.2) is 24.7 Å². The Morgan fingerprint density at radius 1 is 1.19 bits per heavy atom. The summed E-state index contributed by atoms with van der Waals surface area (Å²) in [5.41, 5.74) is 7.42. The maximum Gasteiger partial charge on any atom is 0.358 e. The molecule has 0 unspecified atom stereocenters. The monoisotopic (exact) mass is 348 g/mol. The molecule has 0 N–H and O–H groups in total. The fraction of sp³-hybridized carbons (Fsp3) is 0.300. The zero-order chi connectivity index (χ0) is 18.4. The minimum atomic E-state index is -0.400. The maximum atomic E-state index is 12.4. The third-order valence-electron chi connectivity index (χ3n) is 4.80. The number of hydrogen-bond donors (Lipinski definition) is 0. The minimum Gasteiger partial charge on any atom is -0.461 e. The number of benzene rings is 1. The highest BCUT2D eigenvalue weighted by molar-refractivity contribution is 5.89. The number of aromatic nitrogens is 4. The van der Waals surface area contributed by atoms with Crippen molar-refractivity contribution in [3.63, 3.8) is 0 Å². The van der Waals surface area contributed by atoms with Gasteiger partial charge in [-0.15, -0.1) is 0 Å². The molecule has 0 aliphatic carbocycles. The highest BCUT2D eigenvalue weighted by Crippen LogP contribution is 2.36. The SMILES string of the molecule is CCOC(=O)c1ncn2c1Cc1cnc(C)nc1-c1cc(C)c(C)cc1-2. The number of aryl methyl sites for hydroxylation is 3. The van der Waals surface area contributed by atoms with Gasteiger partial charge < -0.3 is 9.30 Å². The molecule has 0 bridgehead atoms. The fourth-order valence-corrected chi connectivity index (χ4v) is 3.35. The summed E-state index contributed by atoms with van der Waals surface area (Å²) in [4.78, 5) is 25.8. The summed E-state index contributed by atoms with van der Waals surface area (Å²) < 4.78 is 7.16. The molecule has 6 heteroatoms. The molecule has 1 aliphatic rings. The lowest BCUT2D eigenvalue weighted by Gasteiger charge is -2.13. The lowest BCUT2D eigenvalue weighted by atomic mass is 9.99. The molecule has 3 aromatic rings. The molecule has 0 saturated heterocycles. The van der Waals surface area contributed by atoms with Crippen molar-refractivity contribution in [3.05, 3.63) is 58.6 Å². The van der Waals surface area contributed by atoms with E-state index in [1.54, 1.807) is 13.3 Å². The molecular formula is C20H20N4O2. The summed E-state index contributed by atoms with van der Waals surface area (Å²) in [5.74, 6) is 0.325. The van der Waals surface area contributed by atoms with E-state index in [0.29, 0.717) is 18.7 Å². The van der Waals surface area contributed by atoms with Crippen molar-refractivity contribution in [2.45, 2.75) is 34.1 Å². The summed E-state index contributed by atoms with van der Waals surface area (Å²) in [6.07, 6.45) is 4.06. The van der Waals surface area contributed by atoms with E-state index in [9.17, 15) is 4.79 Å². The predicted molar refractivity (Wildman–Crippen MR) is 97.6 cm³/mol. The number of carbonyl (C=O) groups excluding carboxylic acids is 1. The quantitative estimate of drug-likeness (QED) is 0.520. The van der Waals surface area contributed by atoms with Crippen molar-refractivity contribution in [2.75, 3.05) is 6.61 Å². The molecule has 0 radical (unpaired) electrons. The normalized spacial score (nSPS) is 12.0. The first-order valence-electron chi connectivity index (χ1n) is 8.67. The van der Waals surface area contributed by atoms with E-state index in [2.05, 4.69) is 35.9 Å². The van der Waals surface area contributed by atoms with Gasteiger partial charge in [-0.2, -0.15) is 0 Å². The molecule has 132 valence electrons. The van der Waals surface area contributed by atoms with E-state index < -0.39 is 5.97 Å². The van der Waals surface area contributed by atoms with Crippen LogP contribution in [-0.2, 0) is 11.2 Å². The Kier molecular flexibility index (Phi) is 3.83. The first-order valence-corrected chi connectivity index (χ1v) is 8.67. The molecule has 4 rings (SSSR count). The number of rotatable bonds is 2. The number of fused-ring (bicyclic) bond motifs is 5. The number of nitrogens with zero attached hydrogens (tertiary/aromatic N) is 4. The zero-order valence-electron chi connectivity index (χ0n) is 15.3. The van der Waals surface area contributed by atoms with Gasteiger partial charge in [0.25, 0.3) is 0 Å². The number of carbonyl (C=O) groups is 1. The molecule has 0 atom stereocenters. The molecule has 2 aromatic heterocycles. The Hall–Kier alpha value is -3.02. The summed E-state index contributed by atoms with van der Waals surface area (Å²) in [7, 11) is 0. The van der Waals surface area contributed by atoms with E-state index in [1.807, 2.05) is 17.7 Å². The van der Waals surface area contributed by atoms with Crippen LogP contribution in [0.3, 0.4) is 0 Å². The molecular weight excluding hydrogens is 328 g/mol. The van der Waals surface area contributed by atoms with Gasteiger partial charge in [0.05, 0.1) is 23.7 Å². The Labute approximate surface area is 151 Å². The van der Waals surface area contributed by atoms with Gasteiger partial charge in [-0.05, 0) is 51.0 Å². The molecule has 6 nitrogen and oxygen atoms in total. The molecule has 0 fully saturated rings. The predicted octanol–water partition coefficient (Wildman–Crippen LogP) is 3.34. The van der Waals surface area contributed by atoms with Gasteiger partial charge in [0.2, 0.25) is 0 Å². The van der Waals surface area contributed by atoms with E-state index in [4.69, 9.17) is 9.72 Å². The maximum absolute atomic E-state index is 12.4. The molecule has 0 spiro atoms. The Balaban J connectivity index is 2.03. The Morgan fingerprint density at radius 2 is 1.96 bits per heavy atom. The Bertz CT molecular complexity index is 1040. The average molecular weight is 348 g/mol. The molecule has 1 aliphatic heterocycles. The first kappa shape index (κ1) is 16.4. The fourth-order valence-electron chi connectivity index (χ4n) is 3.35. The molecule has 1 aromatic carbocycles. The second-order valence-electron chi connectivity index (χ2n) is 6.55. The number of hydrogen-bond acceptors (Lipinski definition) is 5. The van der Waals surface area contributed by atoms with E-state index >= 15 is 0 Å². The Morgan fingerprint density at radius 3 is 2.73 bits per heavy atom. The third-order valence-corrected chi connectivity index (χ3v) is 4.80. The van der Waals surface area contributed by atoms with Crippen LogP contribution in [0.1, 0.15) is 45.6 Å². The highest BCUT2D eigenvalue weighted by Gasteiger charge is 2.27. The van der Waals surface area contributed by atoms with Crippen LogP contribution in [0.25, 0.3) is 16.9 Å². The average Bonchev–Trinajstić information content (AvgIpc) is 2.97. The standard InChI is InChI=1S/C20H20N4O2/c1-5-26-20(25)19-17-8-14-9-21-13(4)23-18(14)15-6-11(2)12(3)7-16(15)24(17)10-22-19/h6-7,9-10H,5,8H2,1-4H3. The highest BCUT2D eigenvalue weighted by atomic mass is 16.5. The van der Waals surface area contributed by atoms with Crippen LogP contribution in [0.2, 0.25) is 0 Å². The number of esters is 1. The van der Waals surface area contributed by atoms with Crippen LogP contribution < -0.4 is 0 Å². The molecule has 0 amide bonds. The van der Waals surface area contributed by atoms with Crippen LogP contribution >= 0.6 is 0 Å². The number of ether oxygens (including phenoxy) is 1. The van der Waals surface area contributed by atoms with Crippen molar-refractivity contribution in [1.82, 2.24) is 19.5 Å². The van der Waals surface area contributed by atoms with Gasteiger partial charge in [0.1, 0.15) is 12.2 Å². The van der Waals surface area contributed by atoms with Gasteiger partial charge in [-0.25, -0.2) is 19.7 Å². The third kappa shape index (κ3) is 2.49. The van der Waals surface area contributed by atoms with Crippen molar-refractivity contribution in [3.8, 4) is 16.9 Å². The van der Waals surface area contributed by atoms with Crippen molar-refractivity contribution in [2.24, 2.45) is 0 Å². The van der Waals surface area contributed by atoms with Gasteiger partial charge in [0.15, 0.2) is 5.69 Å². The topological polar surface area (TPSA) is 69.9 Å². The summed E-state index contributed by atoms with van der Waals surface area (Å²) in [6.45, 7) is 8.17. The smallest absolute Gasteiger partial charge is 0.358 e. The number of imidazole rings is 1. The van der Waals surface area contributed by atoms with Crippen LogP contribution in [0.5, 0.6) is 0 Å². The zero-order valence-corrected chi connectivity index (χ0v) is 15.3. The van der Waals surface area contributed by atoms with Crippen molar-refractivity contribution in [1.29, 1.82) is 0 Å². The van der Waals surface area contributed by atoms with Crippen LogP contribution in [0, 0.1) is 20.8 Å². The molecule has 26 heavy (non-hydrogen) atoms. The van der Waals surface area contributed by atoms with Gasteiger partial charge in [-0.3, -0.25) is 0 Å². The van der Waals surface area contributed by atoms with Gasteiger partial charge in [-0.1, -0.05) is 0 Å².